The normalized spacial score (nSPS) is 12.3. The summed E-state index contributed by atoms with van der Waals surface area (Å²) in [5.74, 6) is 0. The first-order valence-corrected chi connectivity index (χ1v) is 8.18. The Balaban J connectivity index is 2.32. The van der Waals surface area contributed by atoms with Crippen LogP contribution in [0.25, 0.3) is 5.70 Å². The average Bonchev–Trinajstić information content (AvgIpc) is 2.58. The molecule has 4 heteroatoms. The van der Waals surface area contributed by atoms with Crippen LogP contribution in [0.2, 0.25) is 0 Å². The summed E-state index contributed by atoms with van der Waals surface area (Å²) in [7, 11) is 0. The summed E-state index contributed by atoms with van der Waals surface area (Å²) in [6, 6.07) is 20.2. The average molecular weight is 325 g/mol. The summed E-state index contributed by atoms with van der Waals surface area (Å²) in [4.78, 5) is 7.65. The minimum atomic E-state index is 0.642. The predicted octanol–water partition coefficient (Wildman–Crippen LogP) is 4.32. The van der Waals surface area contributed by atoms with Crippen LogP contribution in [0.15, 0.2) is 70.6 Å². The second-order valence-corrected chi connectivity index (χ2v) is 5.89. The fourth-order valence-corrected chi connectivity index (χ4v) is 2.58. The number of thiol groups is 1. The zero-order valence-corrected chi connectivity index (χ0v) is 14.3. The van der Waals surface area contributed by atoms with Crippen LogP contribution in [-0.4, -0.2) is 24.3 Å². The molecule has 0 radical (unpaired) electrons. The van der Waals surface area contributed by atoms with Gasteiger partial charge in [0.25, 0.3) is 0 Å². The summed E-state index contributed by atoms with van der Waals surface area (Å²) in [5, 5.41) is 0. The van der Waals surface area contributed by atoms with E-state index in [1.165, 1.54) is 0 Å². The van der Waals surface area contributed by atoms with Crippen molar-refractivity contribution >= 4 is 30.4 Å². The topological polar surface area (TPSA) is 41.6 Å². The first-order chi connectivity index (χ1) is 11.2. The number of nitrogens with two attached hydrogens (primary N) is 1. The molecule has 2 N–H and O–H groups in total. The van der Waals surface area contributed by atoms with Crippen molar-refractivity contribution in [2.45, 2.75) is 13.3 Å². The lowest BCUT2D eigenvalue weighted by molar-refractivity contribution is 0.570. The van der Waals surface area contributed by atoms with Gasteiger partial charge in [0.05, 0.1) is 17.7 Å². The summed E-state index contributed by atoms with van der Waals surface area (Å²) in [6.45, 7) is 3.44. The number of aliphatic imine (C=N–C) groups is 1. The number of benzene rings is 2. The SMILES string of the molecule is C/C(S)=C(\c1ccccc1)N(C=Nc1ccccc1)CCCN. The molecule has 23 heavy (non-hydrogen) atoms. The van der Waals surface area contributed by atoms with Crippen molar-refractivity contribution in [1.29, 1.82) is 0 Å². The Morgan fingerprint density at radius 1 is 1.09 bits per heavy atom. The lowest BCUT2D eigenvalue weighted by atomic mass is 10.1. The largest absolute Gasteiger partial charge is 0.331 e. The Morgan fingerprint density at radius 3 is 2.26 bits per heavy atom. The van der Waals surface area contributed by atoms with E-state index in [0.717, 1.165) is 34.8 Å². The van der Waals surface area contributed by atoms with Gasteiger partial charge in [0, 0.05) is 11.4 Å². The summed E-state index contributed by atoms with van der Waals surface area (Å²) >= 11 is 4.59. The smallest absolute Gasteiger partial charge is 0.0957 e. The molecule has 120 valence electrons. The Bertz CT molecular complexity index is 647. The first kappa shape index (κ1) is 17.3. The monoisotopic (exact) mass is 325 g/mol. The maximum absolute atomic E-state index is 5.69. The number of hydrogen-bond donors (Lipinski definition) is 2. The van der Waals surface area contributed by atoms with Crippen LogP contribution in [0, 0.1) is 0 Å². The lowest BCUT2D eigenvalue weighted by Crippen LogP contribution is -2.24. The van der Waals surface area contributed by atoms with E-state index >= 15 is 0 Å². The quantitative estimate of drug-likeness (QED) is 0.452. The zero-order valence-electron chi connectivity index (χ0n) is 13.4. The van der Waals surface area contributed by atoms with E-state index in [0.29, 0.717) is 6.54 Å². The summed E-state index contributed by atoms with van der Waals surface area (Å²) < 4.78 is 0. The van der Waals surface area contributed by atoms with Crippen LogP contribution in [-0.2, 0) is 0 Å². The second kappa shape index (κ2) is 9.18. The third kappa shape index (κ3) is 5.27. The lowest BCUT2D eigenvalue weighted by Gasteiger charge is -2.24. The molecule has 0 saturated heterocycles. The number of nitrogens with zero attached hydrogens (tertiary/aromatic N) is 2. The van der Waals surface area contributed by atoms with Crippen LogP contribution in [0.5, 0.6) is 0 Å². The number of rotatable bonds is 7. The number of para-hydroxylation sites is 1. The molecule has 0 aromatic heterocycles. The molecular formula is C19H23N3S. The van der Waals surface area contributed by atoms with Crippen molar-refractivity contribution in [3.05, 3.63) is 71.1 Å². The molecule has 2 aromatic rings. The van der Waals surface area contributed by atoms with E-state index in [1.807, 2.05) is 61.8 Å². The van der Waals surface area contributed by atoms with E-state index in [2.05, 4.69) is 34.7 Å². The molecule has 2 aromatic carbocycles. The van der Waals surface area contributed by atoms with Gasteiger partial charge in [-0.2, -0.15) is 0 Å². The third-order valence-electron chi connectivity index (χ3n) is 3.38. The van der Waals surface area contributed by atoms with E-state index < -0.39 is 0 Å². The molecule has 0 saturated carbocycles. The molecule has 0 unspecified atom stereocenters. The summed E-state index contributed by atoms with van der Waals surface area (Å²) in [6.07, 6.45) is 2.76. The first-order valence-electron chi connectivity index (χ1n) is 7.73. The van der Waals surface area contributed by atoms with Crippen molar-refractivity contribution in [1.82, 2.24) is 4.90 Å². The van der Waals surface area contributed by atoms with Crippen molar-refractivity contribution in [2.75, 3.05) is 13.1 Å². The van der Waals surface area contributed by atoms with Crippen molar-refractivity contribution < 1.29 is 0 Å². The maximum atomic E-state index is 5.69. The molecule has 0 amide bonds. The standard InChI is InChI=1S/C19H23N3S/c1-16(23)19(17-9-4-2-5-10-17)22(14-8-13-20)15-21-18-11-6-3-7-12-18/h2-7,9-12,15,23H,8,13-14,20H2,1H3/b19-16-,21-15?. The van der Waals surface area contributed by atoms with Crippen molar-refractivity contribution in [3.63, 3.8) is 0 Å². The van der Waals surface area contributed by atoms with Gasteiger partial charge in [-0.25, -0.2) is 4.99 Å². The molecule has 0 atom stereocenters. The van der Waals surface area contributed by atoms with Crippen LogP contribution < -0.4 is 5.73 Å². The van der Waals surface area contributed by atoms with Gasteiger partial charge < -0.3 is 10.6 Å². The highest BCUT2D eigenvalue weighted by Crippen LogP contribution is 2.24. The van der Waals surface area contributed by atoms with Gasteiger partial charge >= 0.3 is 0 Å². The fourth-order valence-electron chi connectivity index (χ4n) is 2.32. The second-order valence-electron chi connectivity index (χ2n) is 5.22. The molecule has 3 nitrogen and oxygen atoms in total. The molecule has 0 aliphatic carbocycles. The highest BCUT2D eigenvalue weighted by atomic mass is 32.1. The minimum absolute atomic E-state index is 0.642. The predicted molar refractivity (Wildman–Crippen MR) is 103 cm³/mol. The maximum Gasteiger partial charge on any atom is 0.0957 e. The molecule has 0 fully saturated rings. The van der Waals surface area contributed by atoms with Crippen molar-refractivity contribution in [2.24, 2.45) is 10.7 Å². The molecule has 0 heterocycles. The Hall–Kier alpha value is -2.04. The van der Waals surface area contributed by atoms with Gasteiger partial charge in [0.15, 0.2) is 0 Å². The molecule has 0 spiro atoms. The Kier molecular flexibility index (Phi) is 6.91. The van der Waals surface area contributed by atoms with Crippen LogP contribution in [0.1, 0.15) is 18.9 Å². The van der Waals surface area contributed by atoms with Gasteiger partial charge in [-0.1, -0.05) is 48.5 Å². The van der Waals surface area contributed by atoms with Crippen molar-refractivity contribution in [3.8, 4) is 0 Å². The molecule has 0 aliphatic rings. The molecule has 2 rings (SSSR count). The van der Waals surface area contributed by atoms with Gasteiger partial charge in [-0.15, -0.1) is 12.6 Å². The van der Waals surface area contributed by atoms with E-state index in [9.17, 15) is 0 Å². The van der Waals surface area contributed by atoms with E-state index in [1.54, 1.807) is 0 Å². The number of hydrogen-bond acceptors (Lipinski definition) is 3. The molecular weight excluding hydrogens is 302 g/mol. The minimum Gasteiger partial charge on any atom is -0.331 e. The molecule has 0 aliphatic heterocycles. The Morgan fingerprint density at radius 2 is 1.70 bits per heavy atom. The van der Waals surface area contributed by atoms with Gasteiger partial charge in [0.2, 0.25) is 0 Å². The fraction of sp³-hybridized carbons (Fsp3) is 0.211. The highest BCUT2D eigenvalue weighted by molar-refractivity contribution is 7.84. The summed E-state index contributed by atoms with van der Waals surface area (Å²) in [5.41, 5.74) is 8.80. The van der Waals surface area contributed by atoms with Crippen LogP contribution in [0.4, 0.5) is 5.69 Å². The molecule has 0 bridgehead atoms. The number of allylic oxidation sites excluding steroid dienone is 1. The zero-order chi connectivity index (χ0) is 16.5. The highest BCUT2D eigenvalue weighted by Gasteiger charge is 2.11. The van der Waals surface area contributed by atoms with E-state index in [-0.39, 0.29) is 0 Å². The van der Waals surface area contributed by atoms with Gasteiger partial charge in [-0.3, -0.25) is 0 Å². The van der Waals surface area contributed by atoms with Crippen LogP contribution in [0.3, 0.4) is 0 Å². The third-order valence-corrected chi connectivity index (χ3v) is 3.59. The van der Waals surface area contributed by atoms with E-state index in [4.69, 9.17) is 5.73 Å². The van der Waals surface area contributed by atoms with Crippen LogP contribution >= 0.6 is 12.6 Å². The van der Waals surface area contributed by atoms with Gasteiger partial charge in [0.1, 0.15) is 0 Å². The van der Waals surface area contributed by atoms with Gasteiger partial charge in [-0.05, 0) is 37.6 Å². The Labute approximate surface area is 144 Å².